The van der Waals surface area contributed by atoms with Crippen LogP contribution in [0.1, 0.15) is 51.8 Å². The Kier molecular flexibility index (Phi) is 6.01. The molecule has 1 nitrogen and oxygen atoms in total. The minimum Gasteiger partial charge on any atom is -0.260 e. The van der Waals surface area contributed by atoms with Crippen molar-refractivity contribution in [2.75, 3.05) is 0 Å². The highest BCUT2D eigenvalue weighted by Crippen LogP contribution is 2.35. The third-order valence-electron chi connectivity index (χ3n) is 3.09. The van der Waals surface area contributed by atoms with Crippen LogP contribution >= 0.6 is 0 Å². The second-order valence-electron chi connectivity index (χ2n) is 5.06. The Balaban J connectivity index is 0.00000106. The van der Waals surface area contributed by atoms with E-state index in [0.29, 0.717) is 11.5 Å². The summed E-state index contributed by atoms with van der Waals surface area (Å²) in [6.07, 6.45) is 1.67. The van der Waals surface area contributed by atoms with E-state index < -0.39 is 5.92 Å². The molecule has 2 rings (SSSR count). The summed E-state index contributed by atoms with van der Waals surface area (Å²) in [5.74, 6) is -2.52. The molecule has 2 aromatic rings. The number of halogens is 2. The van der Waals surface area contributed by atoms with Crippen LogP contribution in [-0.2, 0) is 5.92 Å². The molecule has 1 aromatic heterocycles. The van der Waals surface area contributed by atoms with Crippen LogP contribution in [-0.4, -0.2) is 4.98 Å². The lowest BCUT2D eigenvalue weighted by atomic mass is 9.97. The highest BCUT2D eigenvalue weighted by atomic mass is 19.3. The van der Waals surface area contributed by atoms with Gasteiger partial charge in [0.1, 0.15) is 0 Å². The Morgan fingerprint density at radius 2 is 1.62 bits per heavy atom. The lowest BCUT2D eigenvalue weighted by Gasteiger charge is -2.16. The third kappa shape index (κ3) is 4.35. The number of hydrogen-bond donors (Lipinski definition) is 0. The largest absolute Gasteiger partial charge is 0.271 e. The maximum atomic E-state index is 13.6. The first kappa shape index (κ1) is 17.3. The minimum atomic E-state index is -2.85. The summed E-state index contributed by atoms with van der Waals surface area (Å²) in [6.45, 7) is 9.02. The summed E-state index contributed by atoms with van der Waals surface area (Å²) in [4.78, 5) is 4.33. The Morgan fingerprint density at radius 1 is 1.00 bits per heavy atom. The van der Waals surface area contributed by atoms with Crippen LogP contribution in [0.2, 0.25) is 0 Å². The molecule has 0 saturated carbocycles. The predicted molar refractivity (Wildman–Crippen MR) is 84.7 cm³/mol. The average Bonchev–Trinajstić information content (AvgIpc) is 2.48. The molecular weight excluding hydrogens is 268 g/mol. The first-order chi connectivity index (χ1) is 9.89. The molecule has 0 unspecified atom stereocenters. The maximum absolute atomic E-state index is 13.6. The molecule has 0 saturated heterocycles. The van der Waals surface area contributed by atoms with E-state index in [0.717, 1.165) is 18.2 Å². The van der Waals surface area contributed by atoms with Gasteiger partial charge in [-0.2, -0.15) is 0 Å². The van der Waals surface area contributed by atoms with Crippen molar-refractivity contribution in [3.8, 4) is 11.1 Å². The van der Waals surface area contributed by atoms with Crippen molar-refractivity contribution in [1.29, 1.82) is 0 Å². The maximum Gasteiger partial charge on any atom is 0.271 e. The van der Waals surface area contributed by atoms with Gasteiger partial charge in [-0.15, -0.1) is 0 Å². The SMILES string of the molecule is CC.CC(C)c1ccc(-c2ccccc2C(C)(F)F)cn1. The van der Waals surface area contributed by atoms with E-state index in [-0.39, 0.29) is 5.56 Å². The van der Waals surface area contributed by atoms with Crippen molar-refractivity contribution >= 4 is 0 Å². The van der Waals surface area contributed by atoms with Gasteiger partial charge in [0.15, 0.2) is 0 Å². The zero-order chi connectivity index (χ0) is 16.0. The van der Waals surface area contributed by atoms with Crippen LogP contribution in [0, 0.1) is 0 Å². The fourth-order valence-electron chi connectivity index (χ4n) is 2.02. The van der Waals surface area contributed by atoms with Gasteiger partial charge in [0.25, 0.3) is 5.92 Å². The lowest BCUT2D eigenvalue weighted by molar-refractivity contribution is 0.0181. The van der Waals surface area contributed by atoms with Gasteiger partial charge in [-0.1, -0.05) is 58.0 Å². The first-order valence-electron chi connectivity index (χ1n) is 7.33. The van der Waals surface area contributed by atoms with Gasteiger partial charge in [-0.25, -0.2) is 8.78 Å². The van der Waals surface area contributed by atoms with Crippen LogP contribution in [0.15, 0.2) is 42.6 Å². The van der Waals surface area contributed by atoms with Gasteiger partial charge in [0.05, 0.1) is 0 Å². The minimum absolute atomic E-state index is 0.0362. The van der Waals surface area contributed by atoms with Crippen LogP contribution in [0.25, 0.3) is 11.1 Å². The molecule has 0 N–H and O–H groups in total. The van der Waals surface area contributed by atoms with Gasteiger partial charge in [0.2, 0.25) is 0 Å². The van der Waals surface area contributed by atoms with E-state index in [1.807, 2.05) is 26.0 Å². The summed E-state index contributed by atoms with van der Waals surface area (Å²) in [7, 11) is 0. The zero-order valence-corrected chi connectivity index (χ0v) is 13.3. The standard InChI is InChI=1S/C16H17F2N.C2H6/c1-11(2)15-9-8-12(10-19-15)13-6-4-5-7-14(13)16(3,17)18;1-2/h4-11H,1-3H3;1-2H3. The number of benzene rings is 1. The highest BCUT2D eigenvalue weighted by molar-refractivity contribution is 5.67. The summed E-state index contributed by atoms with van der Waals surface area (Å²) < 4.78 is 27.2. The number of alkyl halides is 2. The van der Waals surface area contributed by atoms with E-state index in [4.69, 9.17) is 0 Å². The van der Waals surface area contributed by atoms with Gasteiger partial charge in [0, 0.05) is 29.9 Å². The van der Waals surface area contributed by atoms with Crippen molar-refractivity contribution < 1.29 is 8.78 Å². The fourth-order valence-corrected chi connectivity index (χ4v) is 2.02. The Morgan fingerprint density at radius 3 is 2.10 bits per heavy atom. The van der Waals surface area contributed by atoms with Crippen LogP contribution < -0.4 is 0 Å². The van der Waals surface area contributed by atoms with E-state index in [1.165, 1.54) is 6.07 Å². The zero-order valence-electron chi connectivity index (χ0n) is 13.3. The molecule has 0 atom stereocenters. The molecule has 21 heavy (non-hydrogen) atoms. The molecule has 0 aliphatic carbocycles. The topological polar surface area (TPSA) is 12.9 Å². The van der Waals surface area contributed by atoms with Gasteiger partial charge < -0.3 is 0 Å². The van der Waals surface area contributed by atoms with Gasteiger partial charge >= 0.3 is 0 Å². The molecule has 1 heterocycles. The molecule has 1 aromatic carbocycles. The molecule has 0 aliphatic rings. The van der Waals surface area contributed by atoms with Crippen molar-refractivity contribution in [3.63, 3.8) is 0 Å². The average molecular weight is 291 g/mol. The van der Waals surface area contributed by atoms with E-state index in [2.05, 4.69) is 18.8 Å². The van der Waals surface area contributed by atoms with Crippen molar-refractivity contribution in [1.82, 2.24) is 4.98 Å². The van der Waals surface area contributed by atoms with Crippen LogP contribution in [0.5, 0.6) is 0 Å². The van der Waals surface area contributed by atoms with E-state index >= 15 is 0 Å². The van der Waals surface area contributed by atoms with E-state index in [9.17, 15) is 8.78 Å². The van der Waals surface area contributed by atoms with Crippen LogP contribution in [0.4, 0.5) is 8.78 Å². The summed E-state index contributed by atoms with van der Waals surface area (Å²) >= 11 is 0. The molecular formula is C18H23F2N. The summed E-state index contributed by atoms with van der Waals surface area (Å²) in [5, 5.41) is 0. The second-order valence-corrected chi connectivity index (χ2v) is 5.06. The molecule has 0 spiro atoms. The molecule has 0 amide bonds. The van der Waals surface area contributed by atoms with Crippen LogP contribution in [0.3, 0.4) is 0 Å². The molecule has 0 fully saturated rings. The molecule has 114 valence electrons. The molecule has 0 radical (unpaired) electrons. The normalized spacial score (nSPS) is 11.0. The Labute approximate surface area is 126 Å². The summed E-state index contributed by atoms with van der Waals surface area (Å²) in [5.41, 5.74) is 2.26. The predicted octanol–water partition coefficient (Wildman–Crippen LogP) is 6.01. The molecule has 0 bridgehead atoms. The fraction of sp³-hybridized carbons (Fsp3) is 0.389. The number of nitrogens with zero attached hydrogens (tertiary/aromatic N) is 1. The van der Waals surface area contributed by atoms with E-state index in [1.54, 1.807) is 24.4 Å². The lowest BCUT2D eigenvalue weighted by Crippen LogP contribution is -2.08. The van der Waals surface area contributed by atoms with Gasteiger partial charge in [-0.3, -0.25) is 4.98 Å². The van der Waals surface area contributed by atoms with Crippen molar-refractivity contribution in [2.45, 2.75) is 46.5 Å². The number of hydrogen-bond acceptors (Lipinski definition) is 1. The molecule has 3 heteroatoms. The van der Waals surface area contributed by atoms with Crippen molar-refractivity contribution in [3.05, 3.63) is 53.9 Å². The Bertz CT molecular complexity index is 554. The number of rotatable bonds is 3. The van der Waals surface area contributed by atoms with Crippen molar-refractivity contribution in [2.24, 2.45) is 0 Å². The quantitative estimate of drug-likeness (QED) is 0.674. The molecule has 0 aliphatic heterocycles. The Hall–Kier alpha value is -1.77. The summed E-state index contributed by atoms with van der Waals surface area (Å²) in [6, 6.07) is 10.3. The van der Waals surface area contributed by atoms with Gasteiger partial charge in [-0.05, 0) is 17.5 Å². The first-order valence-corrected chi connectivity index (χ1v) is 7.33. The number of aromatic nitrogens is 1. The number of pyridine rings is 1. The monoisotopic (exact) mass is 291 g/mol. The second kappa shape index (κ2) is 7.30. The highest BCUT2D eigenvalue weighted by Gasteiger charge is 2.27. The smallest absolute Gasteiger partial charge is 0.260 e. The third-order valence-corrected chi connectivity index (χ3v) is 3.09.